The Labute approximate surface area is 170 Å². The van der Waals surface area contributed by atoms with E-state index in [0.29, 0.717) is 17.2 Å². The van der Waals surface area contributed by atoms with Gasteiger partial charge in [-0.25, -0.2) is 4.79 Å². The van der Waals surface area contributed by atoms with Gasteiger partial charge in [0.15, 0.2) is 17.6 Å². The van der Waals surface area contributed by atoms with Crippen LogP contribution in [0.4, 0.5) is 5.69 Å². The number of fused-ring (bicyclic) bond motifs is 1. The van der Waals surface area contributed by atoms with Crippen LogP contribution in [0.3, 0.4) is 0 Å². The molecule has 0 unspecified atom stereocenters. The minimum atomic E-state index is -0.925. The fraction of sp³-hybridized carbons (Fsp3) is 0.304. The first-order valence-electron chi connectivity index (χ1n) is 9.42. The van der Waals surface area contributed by atoms with Crippen molar-refractivity contribution < 1.29 is 23.8 Å². The number of hydrogen-bond donors (Lipinski definition) is 1. The zero-order valence-corrected chi connectivity index (χ0v) is 17.0. The number of benzene rings is 2. The van der Waals surface area contributed by atoms with E-state index in [1.54, 1.807) is 24.3 Å². The lowest BCUT2D eigenvalue weighted by atomic mass is 9.87. The van der Waals surface area contributed by atoms with Gasteiger partial charge in [-0.15, -0.1) is 0 Å². The number of amides is 1. The van der Waals surface area contributed by atoms with E-state index in [9.17, 15) is 9.59 Å². The Kier molecular flexibility index (Phi) is 5.92. The summed E-state index contributed by atoms with van der Waals surface area (Å²) in [5.74, 6) is 0.308. The molecule has 1 aliphatic rings. The van der Waals surface area contributed by atoms with Crippen molar-refractivity contribution in [3.05, 3.63) is 59.7 Å². The van der Waals surface area contributed by atoms with Crippen LogP contribution in [-0.4, -0.2) is 24.8 Å². The largest absolute Gasteiger partial charge is 0.454 e. The number of carbonyl (C=O) groups is 2. The average Bonchev–Trinajstić information content (AvgIpc) is 3.14. The van der Waals surface area contributed by atoms with Crippen molar-refractivity contribution in [3.8, 4) is 11.5 Å². The normalized spacial score (nSPS) is 13.9. The molecule has 1 N–H and O–H groups in total. The van der Waals surface area contributed by atoms with Gasteiger partial charge in [-0.2, -0.15) is 0 Å². The van der Waals surface area contributed by atoms with E-state index in [1.807, 2.05) is 24.3 Å². The van der Waals surface area contributed by atoms with Crippen LogP contribution >= 0.6 is 0 Å². The molecule has 2 aromatic carbocycles. The molecule has 6 heteroatoms. The number of esters is 1. The monoisotopic (exact) mass is 395 g/mol. The van der Waals surface area contributed by atoms with Gasteiger partial charge in [0.25, 0.3) is 5.91 Å². The Morgan fingerprint density at radius 2 is 1.76 bits per heavy atom. The van der Waals surface area contributed by atoms with Crippen LogP contribution in [0.2, 0.25) is 0 Å². The highest BCUT2D eigenvalue weighted by Crippen LogP contribution is 2.32. The summed E-state index contributed by atoms with van der Waals surface area (Å²) in [6.45, 7) is 8.10. The number of nitrogens with one attached hydrogen (secondary N) is 1. The van der Waals surface area contributed by atoms with Gasteiger partial charge in [0, 0.05) is 11.8 Å². The van der Waals surface area contributed by atoms with Crippen LogP contribution in [0, 0.1) is 0 Å². The third-order valence-electron chi connectivity index (χ3n) is 4.49. The average molecular weight is 395 g/mol. The Balaban J connectivity index is 1.53. The number of ether oxygens (including phenoxy) is 3. The molecule has 0 aliphatic carbocycles. The first-order valence-corrected chi connectivity index (χ1v) is 9.42. The Bertz CT molecular complexity index is 925. The number of rotatable bonds is 5. The second-order valence-corrected chi connectivity index (χ2v) is 7.84. The van der Waals surface area contributed by atoms with Gasteiger partial charge < -0.3 is 19.5 Å². The van der Waals surface area contributed by atoms with Gasteiger partial charge in [0.1, 0.15) is 0 Å². The molecule has 0 saturated heterocycles. The number of carbonyl (C=O) groups excluding carboxylic acids is 2. The molecule has 0 aromatic heterocycles. The lowest BCUT2D eigenvalue weighted by Crippen LogP contribution is -2.29. The van der Waals surface area contributed by atoms with E-state index in [2.05, 4.69) is 26.1 Å². The lowest BCUT2D eigenvalue weighted by Gasteiger charge is -2.19. The minimum Gasteiger partial charge on any atom is -0.454 e. The van der Waals surface area contributed by atoms with Gasteiger partial charge in [-0.1, -0.05) is 39.0 Å². The van der Waals surface area contributed by atoms with Crippen molar-refractivity contribution >= 4 is 23.6 Å². The molecule has 152 valence electrons. The first-order chi connectivity index (χ1) is 13.7. The van der Waals surface area contributed by atoms with Crippen molar-refractivity contribution in [2.24, 2.45) is 0 Å². The molecule has 0 fully saturated rings. The van der Waals surface area contributed by atoms with Crippen molar-refractivity contribution in [2.45, 2.75) is 39.2 Å². The third kappa shape index (κ3) is 5.38. The highest BCUT2D eigenvalue weighted by molar-refractivity contribution is 5.96. The zero-order chi connectivity index (χ0) is 21.0. The highest BCUT2D eigenvalue weighted by atomic mass is 16.7. The fourth-order valence-electron chi connectivity index (χ4n) is 2.75. The summed E-state index contributed by atoms with van der Waals surface area (Å²) in [4.78, 5) is 24.3. The standard InChI is InChI=1S/C23H25NO5/c1-15(22(26)24-18-9-7-17(8-10-18)23(2,3)4)29-21(25)12-6-16-5-11-19-20(13-16)28-14-27-19/h5-13,15H,14H2,1-4H3,(H,24,26)/b12-6-/t15-/m0/s1. The Morgan fingerprint density at radius 1 is 1.07 bits per heavy atom. The van der Waals surface area contributed by atoms with E-state index in [4.69, 9.17) is 14.2 Å². The fourth-order valence-corrected chi connectivity index (χ4v) is 2.75. The zero-order valence-electron chi connectivity index (χ0n) is 17.0. The molecule has 1 heterocycles. The van der Waals surface area contributed by atoms with E-state index < -0.39 is 18.0 Å². The van der Waals surface area contributed by atoms with Gasteiger partial charge in [-0.3, -0.25) is 4.79 Å². The highest BCUT2D eigenvalue weighted by Gasteiger charge is 2.18. The van der Waals surface area contributed by atoms with Crippen molar-refractivity contribution in [1.29, 1.82) is 0 Å². The van der Waals surface area contributed by atoms with Crippen molar-refractivity contribution in [3.63, 3.8) is 0 Å². The molecule has 0 radical (unpaired) electrons. The Morgan fingerprint density at radius 3 is 2.45 bits per heavy atom. The molecular formula is C23H25NO5. The van der Waals surface area contributed by atoms with Crippen molar-refractivity contribution in [2.75, 3.05) is 12.1 Å². The maximum absolute atomic E-state index is 12.3. The smallest absolute Gasteiger partial charge is 0.331 e. The molecule has 1 amide bonds. The van der Waals surface area contributed by atoms with E-state index >= 15 is 0 Å². The summed E-state index contributed by atoms with van der Waals surface area (Å²) in [6.07, 6.45) is 1.95. The lowest BCUT2D eigenvalue weighted by molar-refractivity contribution is -0.148. The summed E-state index contributed by atoms with van der Waals surface area (Å²) in [5.41, 5.74) is 2.63. The molecule has 2 aromatic rings. The van der Waals surface area contributed by atoms with Gasteiger partial charge in [-0.05, 0) is 53.8 Å². The van der Waals surface area contributed by atoms with E-state index in [1.165, 1.54) is 18.6 Å². The Hall–Kier alpha value is -3.28. The van der Waals surface area contributed by atoms with E-state index in [0.717, 1.165) is 5.56 Å². The SMILES string of the molecule is C[C@H](OC(=O)/C=C\c1ccc2c(c1)OCO2)C(=O)Nc1ccc(C(C)(C)C)cc1. The predicted molar refractivity (Wildman–Crippen MR) is 111 cm³/mol. The molecule has 29 heavy (non-hydrogen) atoms. The van der Waals surface area contributed by atoms with Crippen LogP contribution in [0.25, 0.3) is 6.08 Å². The quantitative estimate of drug-likeness (QED) is 0.604. The maximum Gasteiger partial charge on any atom is 0.331 e. The summed E-state index contributed by atoms with van der Waals surface area (Å²) in [5, 5.41) is 2.76. The first kappa shape index (κ1) is 20.5. The second-order valence-electron chi connectivity index (χ2n) is 7.84. The summed E-state index contributed by atoms with van der Waals surface area (Å²) in [7, 11) is 0. The molecular weight excluding hydrogens is 370 g/mol. The molecule has 3 rings (SSSR count). The molecule has 0 spiro atoms. The second kappa shape index (κ2) is 8.39. The van der Waals surface area contributed by atoms with E-state index in [-0.39, 0.29) is 12.2 Å². The van der Waals surface area contributed by atoms with Crippen LogP contribution in [-0.2, 0) is 19.7 Å². The molecule has 0 bridgehead atoms. The topological polar surface area (TPSA) is 73.9 Å². The number of anilines is 1. The van der Waals surface area contributed by atoms with Gasteiger partial charge in [0.2, 0.25) is 6.79 Å². The summed E-state index contributed by atoms with van der Waals surface area (Å²) in [6, 6.07) is 13.0. The summed E-state index contributed by atoms with van der Waals surface area (Å²) < 4.78 is 15.7. The minimum absolute atomic E-state index is 0.0374. The molecule has 6 nitrogen and oxygen atoms in total. The van der Waals surface area contributed by atoms with Crippen molar-refractivity contribution in [1.82, 2.24) is 0 Å². The molecule has 0 saturated carbocycles. The van der Waals surface area contributed by atoms with Crippen LogP contribution in [0.1, 0.15) is 38.8 Å². The van der Waals surface area contributed by atoms with Gasteiger partial charge in [0.05, 0.1) is 0 Å². The molecule has 1 aliphatic heterocycles. The third-order valence-corrected chi connectivity index (χ3v) is 4.49. The van der Waals surface area contributed by atoms with Crippen LogP contribution < -0.4 is 14.8 Å². The number of hydrogen-bond acceptors (Lipinski definition) is 5. The van der Waals surface area contributed by atoms with Crippen LogP contribution in [0.15, 0.2) is 48.5 Å². The summed E-state index contributed by atoms with van der Waals surface area (Å²) >= 11 is 0. The van der Waals surface area contributed by atoms with Crippen LogP contribution in [0.5, 0.6) is 11.5 Å². The predicted octanol–water partition coefficient (Wildman–Crippen LogP) is 4.30. The maximum atomic E-state index is 12.3. The van der Waals surface area contributed by atoms with Gasteiger partial charge >= 0.3 is 5.97 Å². The molecule has 1 atom stereocenters.